The summed E-state index contributed by atoms with van der Waals surface area (Å²) < 4.78 is 3.46. The summed E-state index contributed by atoms with van der Waals surface area (Å²) in [6, 6.07) is 6.90. The van der Waals surface area contributed by atoms with E-state index in [0.717, 1.165) is 5.52 Å². The van der Waals surface area contributed by atoms with Crippen LogP contribution >= 0.6 is 22.6 Å². The van der Waals surface area contributed by atoms with Gasteiger partial charge >= 0.3 is 0 Å². The van der Waals surface area contributed by atoms with Gasteiger partial charge in [0.2, 0.25) is 5.95 Å². The van der Waals surface area contributed by atoms with Gasteiger partial charge < -0.3 is 10.3 Å². The predicted octanol–water partition coefficient (Wildman–Crippen LogP) is 4.36. The van der Waals surface area contributed by atoms with Crippen LogP contribution in [0.2, 0.25) is 0 Å². The maximum atomic E-state index is 6.15. The molecule has 102 valence electrons. The summed E-state index contributed by atoms with van der Waals surface area (Å²) in [5.41, 5.74) is 8.84. The second-order valence-corrected chi connectivity index (χ2v) is 7.61. The minimum Gasteiger partial charge on any atom is -0.369 e. The third kappa shape index (κ3) is 2.47. The molecule has 0 bridgehead atoms. The van der Waals surface area contributed by atoms with E-state index in [4.69, 9.17) is 5.73 Å². The molecule has 19 heavy (non-hydrogen) atoms. The van der Waals surface area contributed by atoms with E-state index >= 15 is 0 Å². The van der Waals surface area contributed by atoms with E-state index in [1.165, 1.54) is 34.8 Å². The molecule has 2 N–H and O–H groups in total. The van der Waals surface area contributed by atoms with Crippen molar-refractivity contribution in [3.05, 3.63) is 21.8 Å². The Labute approximate surface area is 127 Å². The second-order valence-electron chi connectivity index (χ2n) is 6.37. The SMILES string of the molecule is CC1(C)CCC(n2c(N)nc3cc(I)ccc32)CC1. The van der Waals surface area contributed by atoms with Gasteiger partial charge in [-0.3, -0.25) is 0 Å². The monoisotopic (exact) mass is 369 g/mol. The first-order valence-corrected chi connectivity index (χ1v) is 7.97. The smallest absolute Gasteiger partial charge is 0.201 e. The number of rotatable bonds is 1. The van der Waals surface area contributed by atoms with E-state index in [2.05, 4.69) is 64.2 Å². The fraction of sp³-hybridized carbons (Fsp3) is 0.533. The Morgan fingerprint density at radius 3 is 2.68 bits per heavy atom. The van der Waals surface area contributed by atoms with Crippen molar-refractivity contribution < 1.29 is 0 Å². The van der Waals surface area contributed by atoms with E-state index in [0.29, 0.717) is 17.4 Å². The van der Waals surface area contributed by atoms with Crippen molar-refractivity contribution in [1.29, 1.82) is 0 Å². The van der Waals surface area contributed by atoms with Crippen LogP contribution in [0, 0.1) is 8.99 Å². The van der Waals surface area contributed by atoms with Gasteiger partial charge in [-0.1, -0.05) is 13.8 Å². The summed E-state index contributed by atoms with van der Waals surface area (Å²) in [6.07, 6.45) is 4.94. The summed E-state index contributed by atoms with van der Waals surface area (Å²) in [7, 11) is 0. The zero-order valence-electron chi connectivity index (χ0n) is 11.5. The normalized spacial score (nSPS) is 19.9. The molecule has 1 aromatic heterocycles. The molecule has 3 nitrogen and oxygen atoms in total. The number of anilines is 1. The standard InChI is InChI=1S/C15H20IN3/c1-15(2)7-5-11(6-8-15)19-13-4-3-10(16)9-12(13)18-14(19)17/h3-4,9,11H,5-8H2,1-2H3,(H2,17,18). The molecule has 0 spiro atoms. The Hall–Kier alpha value is -0.780. The van der Waals surface area contributed by atoms with Crippen molar-refractivity contribution in [2.45, 2.75) is 45.6 Å². The molecule has 2 aromatic rings. The number of nitrogens with two attached hydrogens (primary N) is 1. The highest BCUT2D eigenvalue weighted by molar-refractivity contribution is 14.1. The Balaban J connectivity index is 1.99. The number of hydrogen-bond acceptors (Lipinski definition) is 2. The zero-order valence-corrected chi connectivity index (χ0v) is 13.6. The van der Waals surface area contributed by atoms with Crippen molar-refractivity contribution >= 4 is 39.6 Å². The van der Waals surface area contributed by atoms with E-state index in [-0.39, 0.29) is 0 Å². The van der Waals surface area contributed by atoms with Crippen LogP contribution in [0.5, 0.6) is 0 Å². The predicted molar refractivity (Wildman–Crippen MR) is 88.1 cm³/mol. The molecule has 1 fully saturated rings. The Morgan fingerprint density at radius 1 is 1.32 bits per heavy atom. The number of nitrogen functional groups attached to an aromatic ring is 1. The molecule has 0 aliphatic heterocycles. The van der Waals surface area contributed by atoms with Gasteiger partial charge in [-0.15, -0.1) is 0 Å². The molecule has 1 heterocycles. The molecule has 0 amide bonds. The Morgan fingerprint density at radius 2 is 2.00 bits per heavy atom. The van der Waals surface area contributed by atoms with E-state index in [9.17, 15) is 0 Å². The van der Waals surface area contributed by atoms with Crippen LogP contribution in [0.3, 0.4) is 0 Å². The number of aromatic nitrogens is 2. The average Bonchev–Trinajstić information content (AvgIpc) is 2.65. The molecular weight excluding hydrogens is 349 g/mol. The van der Waals surface area contributed by atoms with Crippen molar-refractivity contribution in [3.63, 3.8) is 0 Å². The van der Waals surface area contributed by atoms with Gasteiger partial charge in [0.25, 0.3) is 0 Å². The number of halogens is 1. The highest BCUT2D eigenvalue weighted by Gasteiger charge is 2.29. The first kappa shape index (κ1) is 13.2. The van der Waals surface area contributed by atoms with Gasteiger partial charge in [-0.2, -0.15) is 0 Å². The lowest BCUT2D eigenvalue weighted by Crippen LogP contribution is -2.24. The number of imidazole rings is 1. The number of fused-ring (bicyclic) bond motifs is 1. The van der Waals surface area contributed by atoms with E-state index < -0.39 is 0 Å². The fourth-order valence-electron chi connectivity index (χ4n) is 3.12. The topological polar surface area (TPSA) is 43.8 Å². The molecule has 0 atom stereocenters. The van der Waals surface area contributed by atoms with Crippen molar-refractivity contribution in [1.82, 2.24) is 9.55 Å². The lowest BCUT2D eigenvalue weighted by atomic mass is 9.75. The molecule has 1 aliphatic rings. The summed E-state index contributed by atoms with van der Waals surface area (Å²) in [5, 5.41) is 0. The molecule has 1 saturated carbocycles. The minimum absolute atomic E-state index is 0.483. The van der Waals surface area contributed by atoms with Crippen LogP contribution in [0.15, 0.2) is 18.2 Å². The third-order valence-corrected chi connectivity index (χ3v) is 5.02. The molecule has 3 rings (SSSR count). The number of benzene rings is 1. The second kappa shape index (κ2) is 4.65. The molecule has 4 heteroatoms. The van der Waals surface area contributed by atoms with Crippen LogP contribution in [0.25, 0.3) is 11.0 Å². The Bertz CT molecular complexity index is 605. The minimum atomic E-state index is 0.483. The quantitative estimate of drug-likeness (QED) is 0.759. The van der Waals surface area contributed by atoms with Crippen LogP contribution in [-0.4, -0.2) is 9.55 Å². The maximum absolute atomic E-state index is 6.15. The molecule has 0 radical (unpaired) electrons. The van der Waals surface area contributed by atoms with Crippen molar-refractivity contribution in [3.8, 4) is 0 Å². The van der Waals surface area contributed by atoms with Crippen LogP contribution < -0.4 is 5.73 Å². The number of nitrogens with zero attached hydrogens (tertiary/aromatic N) is 2. The van der Waals surface area contributed by atoms with Crippen molar-refractivity contribution in [2.24, 2.45) is 5.41 Å². The average molecular weight is 369 g/mol. The number of hydrogen-bond donors (Lipinski definition) is 1. The summed E-state index contributed by atoms with van der Waals surface area (Å²) in [4.78, 5) is 4.52. The van der Waals surface area contributed by atoms with Crippen LogP contribution in [0.4, 0.5) is 5.95 Å². The summed E-state index contributed by atoms with van der Waals surface area (Å²) in [6.45, 7) is 4.72. The molecular formula is C15H20IN3. The van der Waals surface area contributed by atoms with Gasteiger partial charge in [0.05, 0.1) is 11.0 Å². The highest BCUT2D eigenvalue weighted by Crippen LogP contribution is 2.42. The van der Waals surface area contributed by atoms with Crippen molar-refractivity contribution in [2.75, 3.05) is 5.73 Å². The van der Waals surface area contributed by atoms with Gasteiger partial charge in [0.15, 0.2) is 0 Å². The first-order chi connectivity index (χ1) is 8.96. The lowest BCUT2D eigenvalue weighted by Gasteiger charge is -2.35. The highest BCUT2D eigenvalue weighted by atomic mass is 127. The summed E-state index contributed by atoms with van der Waals surface area (Å²) >= 11 is 2.32. The van der Waals surface area contributed by atoms with E-state index in [1.54, 1.807) is 0 Å². The van der Waals surface area contributed by atoms with Gasteiger partial charge in [-0.25, -0.2) is 4.98 Å². The zero-order chi connectivity index (χ0) is 13.6. The van der Waals surface area contributed by atoms with Crippen LogP contribution in [-0.2, 0) is 0 Å². The first-order valence-electron chi connectivity index (χ1n) is 6.89. The molecule has 0 saturated heterocycles. The van der Waals surface area contributed by atoms with Crippen LogP contribution in [0.1, 0.15) is 45.6 Å². The van der Waals surface area contributed by atoms with Gasteiger partial charge in [0, 0.05) is 9.61 Å². The molecule has 1 aromatic carbocycles. The Kier molecular flexibility index (Phi) is 3.23. The van der Waals surface area contributed by atoms with Gasteiger partial charge in [0.1, 0.15) is 0 Å². The fourth-order valence-corrected chi connectivity index (χ4v) is 3.59. The summed E-state index contributed by atoms with van der Waals surface area (Å²) in [5.74, 6) is 0.668. The van der Waals surface area contributed by atoms with E-state index in [1.807, 2.05) is 0 Å². The maximum Gasteiger partial charge on any atom is 0.201 e. The lowest BCUT2D eigenvalue weighted by molar-refractivity contribution is 0.197. The molecule has 1 aliphatic carbocycles. The van der Waals surface area contributed by atoms with Gasteiger partial charge in [-0.05, 0) is 71.9 Å². The largest absolute Gasteiger partial charge is 0.369 e. The molecule has 0 unspecified atom stereocenters. The third-order valence-electron chi connectivity index (χ3n) is 4.35.